The molecule has 2 atom stereocenters. The summed E-state index contributed by atoms with van der Waals surface area (Å²) in [6.45, 7) is 3.94. The summed E-state index contributed by atoms with van der Waals surface area (Å²) in [6.07, 6.45) is 1.02. The average Bonchev–Trinajstić information content (AvgIpc) is 2.79. The summed E-state index contributed by atoms with van der Waals surface area (Å²) < 4.78 is 0. The van der Waals surface area contributed by atoms with E-state index in [2.05, 4.69) is 41.4 Å². The van der Waals surface area contributed by atoms with E-state index in [0.717, 1.165) is 25.9 Å². The Balaban J connectivity index is 2.00. The van der Waals surface area contributed by atoms with E-state index in [4.69, 9.17) is 5.11 Å². The van der Waals surface area contributed by atoms with E-state index in [1.165, 1.54) is 5.56 Å². The van der Waals surface area contributed by atoms with Crippen LogP contribution in [0.3, 0.4) is 0 Å². The third kappa shape index (κ3) is 3.01. The van der Waals surface area contributed by atoms with Crippen molar-refractivity contribution in [1.82, 2.24) is 10.2 Å². The zero-order valence-electron chi connectivity index (χ0n) is 10.7. The normalized spacial score (nSPS) is 21.7. The van der Waals surface area contributed by atoms with E-state index in [0.29, 0.717) is 6.04 Å². The lowest BCUT2D eigenvalue weighted by atomic mass is 10.0. The predicted molar refractivity (Wildman–Crippen MR) is 70.6 cm³/mol. The number of nitrogens with zero attached hydrogens (tertiary/aromatic N) is 1. The Labute approximate surface area is 108 Å². The zero-order valence-corrected chi connectivity index (χ0v) is 10.7. The van der Waals surface area contributed by atoms with Gasteiger partial charge in [-0.25, -0.2) is 4.79 Å². The summed E-state index contributed by atoms with van der Waals surface area (Å²) in [7, 11) is 0. The van der Waals surface area contributed by atoms with Crippen molar-refractivity contribution in [3.05, 3.63) is 35.9 Å². The van der Waals surface area contributed by atoms with Gasteiger partial charge in [0.2, 0.25) is 0 Å². The molecule has 1 saturated heterocycles. The standard InChI is InChI=1S/C14H20N2O2/c1-2-13(11-6-4-3-5-7-11)16-9-8-12(10-16)15-14(17)18/h3-7,12-13,15H,2,8-10H2,1H3,(H,17,18)/t12-,13-/m0/s1. The highest BCUT2D eigenvalue weighted by Crippen LogP contribution is 2.27. The smallest absolute Gasteiger partial charge is 0.404 e. The van der Waals surface area contributed by atoms with Crippen LogP contribution in [-0.4, -0.2) is 35.2 Å². The number of benzene rings is 1. The molecule has 1 aliphatic heterocycles. The first-order chi connectivity index (χ1) is 8.70. The van der Waals surface area contributed by atoms with Crippen molar-refractivity contribution in [2.45, 2.75) is 31.8 Å². The Hall–Kier alpha value is -1.55. The highest BCUT2D eigenvalue weighted by Gasteiger charge is 2.28. The lowest BCUT2D eigenvalue weighted by molar-refractivity contribution is 0.187. The van der Waals surface area contributed by atoms with Crippen LogP contribution < -0.4 is 5.32 Å². The maximum atomic E-state index is 10.6. The van der Waals surface area contributed by atoms with Gasteiger partial charge in [0, 0.05) is 25.2 Å². The molecule has 98 valence electrons. The zero-order chi connectivity index (χ0) is 13.0. The third-order valence-electron chi connectivity index (χ3n) is 3.56. The Morgan fingerprint density at radius 3 is 2.83 bits per heavy atom. The van der Waals surface area contributed by atoms with Crippen LogP contribution in [0.5, 0.6) is 0 Å². The summed E-state index contributed by atoms with van der Waals surface area (Å²) in [6, 6.07) is 10.9. The Morgan fingerprint density at radius 1 is 1.50 bits per heavy atom. The highest BCUT2D eigenvalue weighted by atomic mass is 16.4. The number of likely N-dealkylation sites (tertiary alicyclic amines) is 1. The molecule has 0 spiro atoms. The monoisotopic (exact) mass is 248 g/mol. The SMILES string of the molecule is CC[C@@H](c1ccccc1)N1CC[C@H](NC(=O)O)C1. The molecule has 18 heavy (non-hydrogen) atoms. The first-order valence-electron chi connectivity index (χ1n) is 6.49. The van der Waals surface area contributed by atoms with E-state index < -0.39 is 6.09 Å². The van der Waals surface area contributed by atoms with Gasteiger partial charge in [0.05, 0.1) is 0 Å². The van der Waals surface area contributed by atoms with Gasteiger partial charge in [-0.1, -0.05) is 37.3 Å². The maximum absolute atomic E-state index is 10.6. The summed E-state index contributed by atoms with van der Waals surface area (Å²) >= 11 is 0. The highest BCUT2D eigenvalue weighted by molar-refractivity contribution is 5.64. The Kier molecular flexibility index (Phi) is 4.20. The van der Waals surface area contributed by atoms with Gasteiger partial charge in [-0.2, -0.15) is 0 Å². The van der Waals surface area contributed by atoms with Crippen molar-refractivity contribution in [3.63, 3.8) is 0 Å². The van der Waals surface area contributed by atoms with Gasteiger partial charge in [-0.05, 0) is 18.4 Å². The summed E-state index contributed by atoms with van der Waals surface area (Å²) in [4.78, 5) is 13.0. The lowest BCUT2D eigenvalue weighted by Crippen LogP contribution is -2.36. The van der Waals surface area contributed by atoms with E-state index in [-0.39, 0.29) is 6.04 Å². The van der Waals surface area contributed by atoms with Crippen molar-refractivity contribution >= 4 is 6.09 Å². The second-order valence-corrected chi connectivity index (χ2v) is 4.76. The second kappa shape index (κ2) is 5.87. The molecule has 1 fully saturated rings. The van der Waals surface area contributed by atoms with Crippen LogP contribution >= 0.6 is 0 Å². The number of carbonyl (C=O) groups is 1. The van der Waals surface area contributed by atoms with Gasteiger partial charge in [0.1, 0.15) is 0 Å². The fourth-order valence-electron chi connectivity index (χ4n) is 2.74. The molecule has 0 aromatic heterocycles. The van der Waals surface area contributed by atoms with Crippen LogP contribution in [0.25, 0.3) is 0 Å². The molecule has 2 rings (SSSR count). The van der Waals surface area contributed by atoms with Crippen LogP contribution in [0.1, 0.15) is 31.4 Å². The molecule has 0 radical (unpaired) electrons. The number of nitrogens with one attached hydrogen (secondary N) is 1. The Morgan fingerprint density at radius 2 is 2.22 bits per heavy atom. The van der Waals surface area contributed by atoms with E-state index in [1.807, 2.05) is 6.07 Å². The molecule has 0 bridgehead atoms. The molecule has 1 aromatic carbocycles. The van der Waals surface area contributed by atoms with Crippen molar-refractivity contribution in [3.8, 4) is 0 Å². The molecule has 2 N–H and O–H groups in total. The predicted octanol–water partition coefficient (Wildman–Crippen LogP) is 2.48. The van der Waals surface area contributed by atoms with Crippen LogP contribution in [0.15, 0.2) is 30.3 Å². The van der Waals surface area contributed by atoms with Crippen LogP contribution in [0, 0.1) is 0 Å². The van der Waals surface area contributed by atoms with Crippen molar-refractivity contribution in [2.24, 2.45) is 0 Å². The fraction of sp³-hybridized carbons (Fsp3) is 0.500. The van der Waals surface area contributed by atoms with Crippen molar-refractivity contribution < 1.29 is 9.90 Å². The van der Waals surface area contributed by atoms with E-state index in [1.54, 1.807) is 0 Å². The average molecular weight is 248 g/mol. The largest absolute Gasteiger partial charge is 0.465 e. The minimum absolute atomic E-state index is 0.0697. The molecule has 4 heteroatoms. The van der Waals surface area contributed by atoms with Crippen LogP contribution in [0.2, 0.25) is 0 Å². The number of amides is 1. The molecule has 1 heterocycles. The van der Waals surface area contributed by atoms with E-state index in [9.17, 15) is 4.79 Å². The molecular weight excluding hydrogens is 228 g/mol. The quantitative estimate of drug-likeness (QED) is 0.860. The van der Waals surface area contributed by atoms with Crippen LogP contribution in [-0.2, 0) is 0 Å². The molecular formula is C14H20N2O2. The molecule has 1 aliphatic rings. The van der Waals surface area contributed by atoms with Gasteiger partial charge in [-0.15, -0.1) is 0 Å². The van der Waals surface area contributed by atoms with Gasteiger partial charge >= 0.3 is 6.09 Å². The molecule has 1 aromatic rings. The number of rotatable bonds is 4. The summed E-state index contributed by atoms with van der Waals surface area (Å²) in [5.74, 6) is 0. The molecule has 1 amide bonds. The Bertz CT molecular complexity index is 394. The van der Waals surface area contributed by atoms with Crippen LogP contribution in [0.4, 0.5) is 4.79 Å². The summed E-state index contributed by atoms with van der Waals surface area (Å²) in [5.41, 5.74) is 1.32. The first kappa shape index (κ1) is 12.9. The number of carboxylic acid groups (broad SMARTS) is 1. The molecule has 0 unspecified atom stereocenters. The van der Waals surface area contributed by atoms with Gasteiger partial charge in [0.25, 0.3) is 0 Å². The lowest BCUT2D eigenvalue weighted by Gasteiger charge is -2.27. The topological polar surface area (TPSA) is 52.6 Å². The van der Waals surface area contributed by atoms with Crippen molar-refractivity contribution in [1.29, 1.82) is 0 Å². The van der Waals surface area contributed by atoms with Gasteiger partial charge in [-0.3, -0.25) is 4.90 Å². The molecule has 0 aliphatic carbocycles. The van der Waals surface area contributed by atoms with Gasteiger partial charge < -0.3 is 10.4 Å². The maximum Gasteiger partial charge on any atom is 0.404 e. The van der Waals surface area contributed by atoms with Crippen molar-refractivity contribution in [2.75, 3.05) is 13.1 Å². The molecule has 0 saturated carbocycles. The minimum atomic E-state index is -0.922. The first-order valence-corrected chi connectivity index (χ1v) is 6.49. The van der Waals surface area contributed by atoms with E-state index >= 15 is 0 Å². The fourth-order valence-corrected chi connectivity index (χ4v) is 2.74. The third-order valence-corrected chi connectivity index (χ3v) is 3.56. The number of hydrogen-bond acceptors (Lipinski definition) is 2. The molecule has 4 nitrogen and oxygen atoms in total. The minimum Gasteiger partial charge on any atom is -0.465 e. The second-order valence-electron chi connectivity index (χ2n) is 4.76. The van der Waals surface area contributed by atoms with Gasteiger partial charge in [0.15, 0.2) is 0 Å². The summed E-state index contributed by atoms with van der Waals surface area (Å²) in [5, 5.41) is 11.3. The number of hydrogen-bond donors (Lipinski definition) is 2.